The lowest BCUT2D eigenvalue weighted by Crippen LogP contribution is -2.47. The first-order chi connectivity index (χ1) is 6.61. The molecule has 0 aliphatic rings. The lowest BCUT2D eigenvalue weighted by atomic mass is 10.6. The molecular weight excluding hydrogens is 261 g/mol. The summed E-state index contributed by atoms with van der Waals surface area (Å²) in [5.41, 5.74) is 0. The Kier molecular flexibility index (Phi) is 2.74. The van der Waals surface area contributed by atoms with E-state index >= 15 is 0 Å². The Labute approximate surface area is 87.2 Å². The molecular formula is C5H4ClF3N2O3S. The van der Waals surface area contributed by atoms with Crippen molar-refractivity contribution >= 4 is 21.7 Å². The summed E-state index contributed by atoms with van der Waals surface area (Å²) in [7, 11) is -5.80. The Hall–Kier alpha value is -0.800. The van der Waals surface area contributed by atoms with Crippen molar-refractivity contribution < 1.29 is 26.1 Å². The summed E-state index contributed by atoms with van der Waals surface area (Å²) in [6, 6.07) is -3.73. The largest absolute Gasteiger partial charge is 0.408 e. The highest BCUT2D eigenvalue weighted by molar-refractivity contribution is 7.88. The Morgan fingerprint density at radius 3 is 2.27 bits per heavy atom. The van der Waals surface area contributed by atoms with Crippen LogP contribution in [-0.2, 0) is 16.2 Å². The molecule has 86 valence electrons. The normalized spacial score (nSPS) is 17.4. The smallest absolute Gasteiger partial charge is 0.282 e. The fourth-order valence-corrected chi connectivity index (χ4v) is 1.21. The predicted octanol–water partition coefficient (Wildman–Crippen LogP) is 1.18. The monoisotopic (exact) mass is 264 g/mol. The minimum absolute atomic E-state index is 0.312. The fraction of sp³-hybridized carbons (Fsp3) is 0.400. The maximum Gasteiger partial charge on any atom is 0.408 e. The van der Waals surface area contributed by atoms with E-state index in [4.69, 9.17) is 4.55 Å². The second kappa shape index (κ2) is 3.35. The third kappa shape index (κ3) is 1.82. The second-order valence-electron chi connectivity index (χ2n) is 2.48. The summed E-state index contributed by atoms with van der Waals surface area (Å²) in [5, 5.41) is 2.93. The molecule has 0 amide bonds. The quantitative estimate of drug-likeness (QED) is 0.657. The molecule has 0 aliphatic carbocycles. The van der Waals surface area contributed by atoms with Crippen LogP contribution in [0.5, 0.6) is 0 Å². The van der Waals surface area contributed by atoms with Crippen LogP contribution >= 0.6 is 11.6 Å². The highest BCUT2D eigenvalue weighted by Gasteiger charge is 2.65. The zero-order valence-corrected chi connectivity index (χ0v) is 8.38. The zero-order chi connectivity index (χ0) is 11.9. The molecule has 5 nitrogen and oxygen atoms in total. The van der Waals surface area contributed by atoms with Crippen LogP contribution < -0.4 is 0 Å². The third-order valence-corrected chi connectivity index (χ3v) is 3.17. The van der Waals surface area contributed by atoms with Crippen molar-refractivity contribution in [1.29, 1.82) is 0 Å². The minimum atomic E-state index is -5.80. The summed E-state index contributed by atoms with van der Waals surface area (Å²) < 4.78 is 63.2. The summed E-state index contributed by atoms with van der Waals surface area (Å²) in [6.07, 6.45) is 1.47. The first kappa shape index (κ1) is 12.3. The van der Waals surface area contributed by atoms with E-state index in [2.05, 4.69) is 16.7 Å². The Balaban J connectivity index is 3.29. The van der Waals surface area contributed by atoms with Crippen molar-refractivity contribution in [3.05, 3.63) is 18.5 Å². The van der Waals surface area contributed by atoms with E-state index in [0.717, 1.165) is 12.3 Å². The molecule has 0 bridgehead atoms. The average Bonchev–Trinajstić information content (AvgIpc) is 2.53. The molecule has 0 radical (unpaired) electrons. The van der Waals surface area contributed by atoms with E-state index in [0.29, 0.717) is 6.20 Å². The zero-order valence-electron chi connectivity index (χ0n) is 6.81. The second-order valence-corrected chi connectivity index (χ2v) is 4.74. The van der Waals surface area contributed by atoms with Gasteiger partial charge in [0.05, 0.1) is 0 Å². The van der Waals surface area contributed by atoms with Crippen LogP contribution in [0.2, 0.25) is 0 Å². The fourth-order valence-electron chi connectivity index (χ4n) is 0.723. The molecule has 0 saturated heterocycles. The van der Waals surface area contributed by atoms with Gasteiger partial charge < -0.3 is 0 Å². The van der Waals surface area contributed by atoms with Gasteiger partial charge >= 0.3 is 20.6 Å². The van der Waals surface area contributed by atoms with Crippen molar-refractivity contribution in [2.45, 2.75) is 10.5 Å². The van der Waals surface area contributed by atoms with Crippen LogP contribution in [0.4, 0.5) is 13.2 Å². The van der Waals surface area contributed by atoms with E-state index in [1.807, 2.05) is 0 Å². The molecule has 1 aromatic heterocycles. The molecule has 1 aromatic rings. The number of rotatable bonds is 3. The molecule has 1 rings (SSSR count). The van der Waals surface area contributed by atoms with E-state index in [1.54, 1.807) is 0 Å². The van der Waals surface area contributed by atoms with Gasteiger partial charge in [0.25, 0.3) is 0 Å². The maximum absolute atomic E-state index is 13.1. The van der Waals surface area contributed by atoms with Gasteiger partial charge in [-0.15, -0.1) is 0 Å². The molecule has 1 atom stereocenters. The molecule has 1 N–H and O–H groups in total. The molecule has 0 saturated carbocycles. The molecule has 0 aliphatic heterocycles. The number of aromatic nitrogens is 2. The van der Waals surface area contributed by atoms with Crippen LogP contribution in [0.15, 0.2) is 18.5 Å². The molecule has 0 spiro atoms. The Bertz CT molecular complexity index is 444. The number of hydrogen-bond donors (Lipinski definition) is 1. The van der Waals surface area contributed by atoms with Crippen molar-refractivity contribution in [2.24, 2.45) is 0 Å². The topological polar surface area (TPSA) is 72.2 Å². The summed E-state index contributed by atoms with van der Waals surface area (Å²) in [6.45, 7) is 0. The van der Waals surface area contributed by atoms with Gasteiger partial charge in [0.1, 0.15) is 0 Å². The van der Waals surface area contributed by atoms with Gasteiger partial charge in [-0.1, -0.05) is 11.6 Å². The number of halogens is 4. The van der Waals surface area contributed by atoms with Crippen LogP contribution in [0.3, 0.4) is 0 Å². The maximum atomic E-state index is 13.1. The highest BCUT2D eigenvalue weighted by Crippen LogP contribution is 2.43. The van der Waals surface area contributed by atoms with Gasteiger partial charge in [0, 0.05) is 12.4 Å². The molecule has 1 unspecified atom stereocenters. The van der Waals surface area contributed by atoms with Gasteiger partial charge in [-0.2, -0.15) is 26.7 Å². The number of nitrogens with zero attached hydrogens (tertiary/aromatic N) is 2. The molecule has 0 fully saturated rings. The minimum Gasteiger partial charge on any atom is -0.282 e. The first-order valence-electron chi connectivity index (χ1n) is 3.33. The summed E-state index contributed by atoms with van der Waals surface area (Å²) in [5.74, 6) is 0. The molecule has 10 heteroatoms. The summed E-state index contributed by atoms with van der Waals surface area (Å²) >= 11 is 4.48. The van der Waals surface area contributed by atoms with Crippen molar-refractivity contribution in [3.8, 4) is 0 Å². The lowest BCUT2D eigenvalue weighted by molar-refractivity contribution is -0.143. The number of hydrogen-bond acceptors (Lipinski definition) is 3. The van der Waals surface area contributed by atoms with Gasteiger partial charge in [0.15, 0.2) is 0 Å². The molecule has 1 heterocycles. The molecule has 15 heavy (non-hydrogen) atoms. The molecule has 0 aromatic carbocycles. The first-order valence-corrected chi connectivity index (χ1v) is 5.15. The van der Waals surface area contributed by atoms with E-state index in [9.17, 15) is 21.6 Å². The summed E-state index contributed by atoms with van der Waals surface area (Å²) in [4.78, 5) is 0. The van der Waals surface area contributed by atoms with E-state index in [-0.39, 0.29) is 4.68 Å². The van der Waals surface area contributed by atoms with Gasteiger partial charge in [-0.05, 0) is 6.07 Å². The average molecular weight is 265 g/mol. The van der Waals surface area contributed by atoms with Crippen LogP contribution in [0.1, 0.15) is 0 Å². The van der Waals surface area contributed by atoms with Crippen LogP contribution in [0, 0.1) is 0 Å². The lowest BCUT2D eigenvalue weighted by Gasteiger charge is -2.24. The van der Waals surface area contributed by atoms with E-state index < -0.39 is 20.6 Å². The van der Waals surface area contributed by atoms with Gasteiger partial charge in [-0.3, -0.25) is 4.55 Å². The number of alkyl halides is 4. The Morgan fingerprint density at radius 2 is 1.93 bits per heavy atom. The van der Waals surface area contributed by atoms with Crippen molar-refractivity contribution in [3.63, 3.8) is 0 Å². The van der Waals surface area contributed by atoms with Gasteiger partial charge in [-0.25, -0.2) is 4.68 Å². The van der Waals surface area contributed by atoms with Gasteiger partial charge in [0.2, 0.25) is 0 Å². The highest BCUT2D eigenvalue weighted by atomic mass is 35.5. The predicted molar refractivity (Wildman–Crippen MR) is 43.7 cm³/mol. The van der Waals surface area contributed by atoms with Crippen molar-refractivity contribution in [1.82, 2.24) is 9.78 Å². The van der Waals surface area contributed by atoms with Crippen molar-refractivity contribution in [2.75, 3.05) is 0 Å². The standard InChI is InChI=1S/C5H4ClF3N2O3S/c6-4(7,15(12,13)14)5(8,9)11-3-1-2-10-11/h1-3H,(H,12,13,14). The third-order valence-electron chi connectivity index (χ3n) is 1.47. The van der Waals surface area contributed by atoms with Crippen LogP contribution in [0.25, 0.3) is 0 Å². The van der Waals surface area contributed by atoms with Crippen LogP contribution in [-0.4, -0.2) is 27.2 Å². The Morgan fingerprint density at radius 1 is 1.40 bits per heavy atom. The van der Waals surface area contributed by atoms with E-state index in [1.165, 1.54) is 0 Å². The SMILES string of the molecule is O=S(=O)(O)C(F)(Cl)C(F)(F)n1cccn1.